The van der Waals surface area contributed by atoms with Gasteiger partial charge in [-0.05, 0) is 6.72 Å². The van der Waals surface area contributed by atoms with Crippen LogP contribution in [0.5, 0.6) is 0 Å². The van der Waals surface area contributed by atoms with Gasteiger partial charge in [0, 0.05) is 0 Å². The summed E-state index contributed by atoms with van der Waals surface area (Å²) in [6, 6.07) is 0. The third kappa shape index (κ3) is 240. The minimum Gasteiger partial charge on any atom is -0.317 e. The van der Waals surface area contributed by atoms with Crippen LogP contribution in [0.3, 0.4) is 0 Å². The van der Waals surface area contributed by atoms with Gasteiger partial charge in [-0.3, -0.25) is 0 Å². The Bertz CT molecular complexity index is 7.90. The molecule has 0 fully saturated rings. The lowest BCUT2D eigenvalue weighted by molar-refractivity contribution is 1.09. The largest absolute Gasteiger partial charge is 0.317 e. The second-order valence-corrected chi connectivity index (χ2v) is 0.707. The topological polar surface area (TPSA) is 23.9 Å². The first kappa shape index (κ1) is 17.3. The van der Waals surface area contributed by atoms with Crippen molar-refractivity contribution in [3.63, 3.8) is 0 Å². The van der Waals surface area contributed by atoms with Crippen molar-refractivity contribution >= 4 is 6.72 Å². The molecule has 0 aromatic carbocycles. The van der Waals surface area contributed by atoms with Crippen molar-refractivity contribution in [1.29, 1.82) is 5.41 Å². The summed E-state index contributed by atoms with van der Waals surface area (Å²) in [5, 5.41) is 5.50. The van der Waals surface area contributed by atoms with E-state index < -0.39 is 0 Å². The van der Waals surface area contributed by atoms with E-state index in [2.05, 4.69) is 20.6 Å². The maximum absolute atomic E-state index is 5.50. The average Bonchev–Trinajstić information content (AvgIpc) is 1.46. The van der Waals surface area contributed by atoms with Gasteiger partial charge in [0.25, 0.3) is 0 Å². The SMILES string of the molecule is C.C=N.CCC. The Morgan fingerprint density at radius 2 is 1.33 bits per heavy atom. The molecular weight excluding hydrogens is 74.1 g/mol. The Morgan fingerprint density at radius 3 is 1.33 bits per heavy atom. The van der Waals surface area contributed by atoms with E-state index in [0.717, 1.165) is 0 Å². The van der Waals surface area contributed by atoms with Crippen LogP contribution in [0, 0.1) is 5.41 Å². The third-order valence-electron chi connectivity index (χ3n) is 0. The van der Waals surface area contributed by atoms with Crippen molar-refractivity contribution in [1.82, 2.24) is 0 Å². The van der Waals surface area contributed by atoms with Gasteiger partial charge < -0.3 is 5.41 Å². The van der Waals surface area contributed by atoms with Gasteiger partial charge in [-0.25, -0.2) is 0 Å². The number of nitrogens with one attached hydrogen (secondary N) is 1. The van der Waals surface area contributed by atoms with E-state index in [1.165, 1.54) is 6.42 Å². The third-order valence-corrected chi connectivity index (χ3v) is 0. The van der Waals surface area contributed by atoms with E-state index >= 15 is 0 Å². The summed E-state index contributed by atoms with van der Waals surface area (Å²) < 4.78 is 0. The van der Waals surface area contributed by atoms with Crippen LogP contribution < -0.4 is 0 Å². The molecule has 0 aromatic heterocycles. The molecule has 1 N–H and O–H groups in total. The highest BCUT2D eigenvalue weighted by atomic mass is 14.2. The second kappa shape index (κ2) is 140. The van der Waals surface area contributed by atoms with Crippen molar-refractivity contribution in [2.24, 2.45) is 0 Å². The lowest BCUT2D eigenvalue weighted by atomic mass is 10.6. The molecule has 0 radical (unpaired) electrons. The number of hydrogen-bond donors (Lipinski definition) is 1. The molecule has 6 heavy (non-hydrogen) atoms. The van der Waals surface area contributed by atoms with Gasteiger partial charge in [-0.15, -0.1) is 0 Å². The molecule has 40 valence electrons. The predicted molar refractivity (Wildman–Crippen MR) is 32.5 cm³/mol. The quantitative estimate of drug-likeness (QED) is 0.440. The van der Waals surface area contributed by atoms with Crippen LogP contribution in [0.1, 0.15) is 27.7 Å². The molecule has 0 atom stereocenters. The van der Waals surface area contributed by atoms with Crippen LogP contribution in [0.15, 0.2) is 0 Å². The summed E-state index contributed by atoms with van der Waals surface area (Å²) in [6.07, 6.45) is 1.25. The maximum Gasteiger partial charge on any atom is -0.0187 e. The summed E-state index contributed by atoms with van der Waals surface area (Å²) in [6.45, 7) is 6.75. The molecule has 0 spiro atoms. The molecule has 0 unspecified atom stereocenters. The van der Waals surface area contributed by atoms with Gasteiger partial charge in [0.1, 0.15) is 0 Å². The molecule has 0 aliphatic heterocycles. The van der Waals surface area contributed by atoms with Crippen LogP contribution in [0.4, 0.5) is 0 Å². The molecule has 0 aromatic rings. The predicted octanol–water partition coefficient (Wildman–Crippen LogP) is 2.32. The van der Waals surface area contributed by atoms with Gasteiger partial charge in [-0.2, -0.15) is 0 Å². The highest BCUT2D eigenvalue weighted by Crippen LogP contribution is 1.56. The summed E-state index contributed by atoms with van der Waals surface area (Å²) in [4.78, 5) is 0. The minimum atomic E-state index is 0. The minimum absolute atomic E-state index is 0. The standard InChI is InChI=1S/C3H8.CH3N.CH4/c1-3-2;1-2;/h3H2,1-2H3;2H,1H2;1H4. The average molecular weight is 89.2 g/mol. The van der Waals surface area contributed by atoms with E-state index in [9.17, 15) is 0 Å². The van der Waals surface area contributed by atoms with Gasteiger partial charge >= 0.3 is 0 Å². The Morgan fingerprint density at radius 1 is 1.33 bits per heavy atom. The molecule has 0 saturated heterocycles. The number of rotatable bonds is 0. The Hall–Kier alpha value is -0.330. The highest BCUT2D eigenvalue weighted by Gasteiger charge is 1.35. The molecule has 0 saturated carbocycles. The van der Waals surface area contributed by atoms with E-state index in [1.807, 2.05) is 0 Å². The van der Waals surface area contributed by atoms with Crippen LogP contribution in [0.2, 0.25) is 0 Å². The zero-order valence-corrected chi connectivity index (χ0v) is 3.91. The fourth-order valence-electron chi connectivity index (χ4n) is 0. The molecule has 1 nitrogen and oxygen atoms in total. The fraction of sp³-hybridized carbons (Fsp3) is 0.800. The van der Waals surface area contributed by atoms with E-state index in [0.29, 0.717) is 0 Å². The van der Waals surface area contributed by atoms with E-state index in [1.54, 1.807) is 0 Å². The Labute approximate surface area is 40.9 Å². The smallest absolute Gasteiger partial charge is 0.0187 e. The summed E-state index contributed by atoms with van der Waals surface area (Å²) in [5.41, 5.74) is 0. The molecule has 1 heteroatoms. The van der Waals surface area contributed by atoms with Crippen molar-refractivity contribution in [2.75, 3.05) is 0 Å². The first-order chi connectivity index (χ1) is 2.41. The normalized spacial score (nSPS) is 3.67. The van der Waals surface area contributed by atoms with Gasteiger partial charge in [0.05, 0.1) is 0 Å². The monoisotopic (exact) mass is 89.1 g/mol. The zero-order valence-electron chi connectivity index (χ0n) is 3.91. The van der Waals surface area contributed by atoms with Crippen molar-refractivity contribution < 1.29 is 0 Å². The van der Waals surface area contributed by atoms with E-state index in [4.69, 9.17) is 5.41 Å². The zero-order chi connectivity index (χ0) is 4.71. The first-order valence-electron chi connectivity index (χ1n) is 1.77. The van der Waals surface area contributed by atoms with E-state index in [-0.39, 0.29) is 7.43 Å². The molecule has 0 amide bonds. The molecule has 0 aliphatic rings. The van der Waals surface area contributed by atoms with Crippen LogP contribution in [0.25, 0.3) is 0 Å². The van der Waals surface area contributed by atoms with Gasteiger partial charge in [-0.1, -0.05) is 27.7 Å². The first-order valence-corrected chi connectivity index (χ1v) is 1.77. The number of hydrogen-bond acceptors (Lipinski definition) is 1. The molecule has 0 bridgehead atoms. The van der Waals surface area contributed by atoms with Crippen molar-refractivity contribution in [3.8, 4) is 0 Å². The molecule has 0 heterocycles. The van der Waals surface area contributed by atoms with Gasteiger partial charge in [0.2, 0.25) is 0 Å². The van der Waals surface area contributed by atoms with Crippen LogP contribution in [-0.4, -0.2) is 6.72 Å². The lowest BCUT2D eigenvalue weighted by Crippen LogP contribution is -1.27. The molecule has 0 rings (SSSR count). The van der Waals surface area contributed by atoms with Gasteiger partial charge in [0.15, 0.2) is 0 Å². The second-order valence-electron chi connectivity index (χ2n) is 0.707. The lowest BCUT2D eigenvalue weighted by Gasteiger charge is -1.48. The maximum atomic E-state index is 5.50. The van der Waals surface area contributed by atoms with Crippen LogP contribution in [-0.2, 0) is 0 Å². The Balaban J connectivity index is -0.0000000275. The fourth-order valence-corrected chi connectivity index (χ4v) is 0. The van der Waals surface area contributed by atoms with Crippen molar-refractivity contribution in [3.05, 3.63) is 0 Å². The summed E-state index contributed by atoms with van der Waals surface area (Å²) >= 11 is 0. The Kier molecular flexibility index (Phi) is 405. The molecule has 0 aliphatic carbocycles. The highest BCUT2D eigenvalue weighted by molar-refractivity contribution is 5.15. The van der Waals surface area contributed by atoms with Crippen LogP contribution >= 0.6 is 0 Å². The summed E-state index contributed by atoms with van der Waals surface area (Å²) in [7, 11) is 0. The van der Waals surface area contributed by atoms with Crippen molar-refractivity contribution in [2.45, 2.75) is 27.7 Å². The molecular formula is C5H15N. The summed E-state index contributed by atoms with van der Waals surface area (Å²) in [5.74, 6) is 0.